The fourth-order valence-corrected chi connectivity index (χ4v) is 4.49. The lowest BCUT2D eigenvalue weighted by atomic mass is 9.99. The van der Waals surface area contributed by atoms with Gasteiger partial charge in [0.15, 0.2) is 0 Å². The van der Waals surface area contributed by atoms with Gasteiger partial charge in [0.05, 0.1) is 18.5 Å². The van der Waals surface area contributed by atoms with Crippen LogP contribution in [0.2, 0.25) is 0 Å². The summed E-state index contributed by atoms with van der Waals surface area (Å²) in [5, 5.41) is 8.47. The van der Waals surface area contributed by atoms with Gasteiger partial charge >= 0.3 is 0 Å². The Bertz CT molecular complexity index is 881. The van der Waals surface area contributed by atoms with Crippen molar-refractivity contribution in [1.82, 2.24) is 15.1 Å². The van der Waals surface area contributed by atoms with E-state index in [-0.39, 0.29) is 0 Å². The van der Waals surface area contributed by atoms with E-state index in [4.69, 9.17) is 13.9 Å². The number of rotatable bonds is 8. The standard InChI is InChI=1S/C21H25N3O3S/c1-24(11-12-26-17-9-7-16(25-2)8-10-17)14-20-22-23-21(27-20)19-13-15-5-3-4-6-18(15)28-19/h7-10,13H,3-6,11-12,14H2,1-2H3. The molecule has 3 aromatic rings. The van der Waals surface area contributed by atoms with Gasteiger partial charge < -0.3 is 13.9 Å². The molecule has 148 valence electrons. The Hall–Kier alpha value is -2.38. The van der Waals surface area contributed by atoms with Crippen molar-refractivity contribution >= 4 is 11.3 Å². The maximum absolute atomic E-state index is 5.90. The van der Waals surface area contributed by atoms with Crippen LogP contribution in [0.4, 0.5) is 0 Å². The van der Waals surface area contributed by atoms with Crippen LogP contribution >= 0.6 is 11.3 Å². The summed E-state index contributed by atoms with van der Waals surface area (Å²) in [4.78, 5) is 4.69. The van der Waals surface area contributed by atoms with Gasteiger partial charge in [0.1, 0.15) is 18.1 Å². The number of aryl methyl sites for hydroxylation is 2. The highest BCUT2D eigenvalue weighted by molar-refractivity contribution is 7.15. The van der Waals surface area contributed by atoms with Crippen molar-refractivity contribution in [1.29, 1.82) is 0 Å². The predicted molar refractivity (Wildman–Crippen MR) is 109 cm³/mol. The monoisotopic (exact) mass is 399 g/mol. The van der Waals surface area contributed by atoms with Crippen LogP contribution in [0.15, 0.2) is 34.7 Å². The highest BCUT2D eigenvalue weighted by Crippen LogP contribution is 2.35. The molecule has 2 aromatic heterocycles. The molecule has 0 spiro atoms. The van der Waals surface area contributed by atoms with E-state index in [2.05, 4.69) is 21.2 Å². The number of thiophene rings is 1. The molecule has 0 unspecified atom stereocenters. The van der Waals surface area contributed by atoms with Crippen LogP contribution in [0, 0.1) is 0 Å². The first-order valence-corrected chi connectivity index (χ1v) is 10.4. The molecule has 1 aliphatic carbocycles. The molecule has 7 heteroatoms. The molecular weight excluding hydrogens is 374 g/mol. The van der Waals surface area contributed by atoms with Crippen LogP contribution in [-0.2, 0) is 19.4 Å². The molecule has 4 rings (SSSR count). The number of benzene rings is 1. The third kappa shape index (κ3) is 4.54. The van der Waals surface area contributed by atoms with Crippen LogP contribution in [0.5, 0.6) is 11.5 Å². The molecule has 0 amide bonds. The minimum absolute atomic E-state index is 0.585. The van der Waals surface area contributed by atoms with Crippen LogP contribution in [-0.4, -0.2) is 42.4 Å². The Morgan fingerprint density at radius 1 is 1.11 bits per heavy atom. The molecule has 0 saturated carbocycles. The Labute approximate surface area is 169 Å². The van der Waals surface area contributed by atoms with Gasteiger partial charge in [0, 0.05) is 11.4 Å². The summed E-state index contributed by atoms with van der Waals surface area (Å²) in [6.07, 6.45) is 4.91. The van der Waals surface area contributed by atoms with E-state index in [9.17, 15) is 0 Å². The number of methoxy groups -OCH3 is 1. The van der Waals surface area contributed by atoms with Gasteiger partial charge in [0.25, 0.3) is 5.89 Å². The Morgan fingerprint density at radius 3 is 2.68 bits per heavy atom. The Kier molecular flexibility index (Phi) is 5.92. The van der Waals surface area contributed by atoms with Gasteiger partial charge in [-0.3, -0.25) is 4.90 Å². The second kappa shape index (κ2) is 8.75. The first-order chi connectivity index (χ1) is 13.7. The van der Waals surface area contributed by atoms with Crippen molar-refractivity contribution in [3.05, 3.63) is 46.7 Å². The molecular formula is C21H25N3O3S. The van der Waals surface area contributed by atoms with E-state index in [1.165, 1.54) is 36.1 Å². The van der Waals surface area contributed by atoms with E-state index in [0.29, 0.717) is 24.9 Å². The summed E-state index contributed by atoms with van der Waals surface area (Å²) < 4.78 is 16.8. The number of fused-ring (bicyclic) bond motifs is 1. The zero-order valence-electron chi connectivity index (χ0n) is 16.3. The molecule has 2 heterocycles. The first-order valence-electron chi connectivity index (χ1n) is 9.61. The Balaban J connectivity index is 1.27. The third-order valence-electron chi connectivity index (χ3n) is 4.88. The number of hydrogen-bond acceptors (Lipinski definition) is 7. The minimum Gasteiger partial charge on any atom is -0.497 e. The second-order valence-corrected chi connectivity index (χ2v) is 8.17. The van der Waals surface area contributed by atoms with Gasteiger partial charge in [-0.2, -0.15) is 0 Å². The average molecular weight is 400 g/mol. The van der Waals surface area contributed by atoms with Crippen molar-refractivity contribution in [2.45, 2.75) is 32.2 Å². The minimum atomic E-state index is 0.585. The first kappa shape index (κ1) is 19.0. The van der Waals surface area contributed by atoms with Crippen LogP contribution in [0.3, 0.4) is 0 Å². The summed E-state index contributed by atoms with van der Waals surface area (Å²) in [5.41, 5.74) is 1.46. The normalized spacial score (nSPS) is 13.5. The van der Waals surface area contributed by atoms with E-state index in [0.717, 1.165) is 22.9 Å². The molecule has 0 fully saturated rings. The molecule has 6 nitrogen and oxygen atoms in total. The number of aromatic nitrogens is 2. The van der Waals surface area contributed by atoms with E-state index >= 15 is 0 Å². The number of likely N-dealkylation sites (N-methyl/N-ethyl adjacent to an activating group) is 1. The lowest BCUT2D eigenvalue weighted by Gasteiger charge is -2.14. The molecule has 0 radical (unpaired) electrons. The summed E-state index contributed by atoms with van der Waals surface area (Å²) in [5.74, 6) is 2.92. The van der Waals surface area contributed by atoms with Gasteiger partial charge in [-0.15, -0.1) is 21.5 Å². The average Bonchev–Trinajstić information content (AvgIpc) is 3.35. The summed E-state index contributed by atoms with van der Waals surface area (Å²) in [6, 6.07) is 9.82. The lowest BCUT2D eigenvalue weighted by molar-refractivity contribution is 0.220. The molecule has 0 atom stereocenters. The fraction of sp³-hybridized carbons (Fsp3) is 0.429. The summed E-state index contributed by atoms with van der Waals surface area (Å²) in [6.45, 7) is 1.95. The molecule has 0 aliphatic heterocycles. The van der Waals surface area contributed by atoms with Gasteiger partial charge in [-0.1, -0.05) is 0 Å². The largest absolute Gasteiger partial charge is 0.497 e. The van der Waals surface area contributed by atoms with E-state index in [1.807, 2.05) is 31.3 Å². The zero-order valence-corrected chi connectivity index (χ0v) is 17.1. The Morgan fingerprint density at radius 2 is 1.89 bits per heavy atom. The van der Waals surface area contributed by atoms with Gasteiger partial charge in [-0.05, 0) is 68.6 Å². The predicted octanol–water partition coefficient (Wildman–Crippen LogP) is 4.20. The fourth-order valence-electron chi connectivity index (χ4n) is 3.31. The molecule has 28 heavy (non-hydrogen) atoms. The quantitative estimate of drug-likeness (QED) is 0.566. The highest BCUT2D eigenvalue weighted by Gasteiger charge is 2.18. The number of nitrogens with zero attached hydrogens (tertiary/aromatic N) is 3. The third-order valence-corrected chi connectivity index (χ3v) is 6.11. The van der Waals surface area contributed by atoms with Crippen molar-refractivity contribution in [3.63, 3.8) is 0 Å². The van der Waals surface area contributed by atoms with Crippen LogP contribution in [0.1, 0.15) is 29.2 Å². The van der Waals surface area contributed by atoms with Crippen molar-refractivity contribution in [2.75, 3.05) is 27.3 Å². The molecule has 0 saturated heterocycles. The smallest absolute Gasteiger partial charge is 0.257 e. The van der Waals surface area contributed by atoms with Gasteiger partial charge in [0.2, 0.25) is 5.89 Å². The van der Waals surface area contributed by atoms with Crippen LogP contribution in [0.25, 0.3) is 10.8 Å². The van der Waals surface area contributed by atoms with Crippen molar-refractivity contribution in [2.24, 2.45) is 0 Å². The topological polar surface area (TPSA) is 60.6 Å². The van der Waals surface area contributed by atoms with Crippen LogP contribution < -0.4 is 9.47 Å². The SMILES string of the molecule is COc1ccc(OCCN(C)Cc2nnc(-c3cc4c(s3)CCCC4)o2)cc1. The summed E-state index contributed by atoms with van der Waals surface area (Å²) in [7, 11) is 3.67. The molecule has 1 aromatic carbocycles. The highest BCUT2D eigenvalue weighted by atomic mass is 32.1. The number of hydrogen-bond donors (Lipinski definition) is 0. The van der Waals surface area contributed by atoms with E-state index in [1.54, 1.807) is 18.4 Å². The zero-order chi connectivity index (χ0) is 19.3. The van der Waals surface area contributed by atoms with Crippen molar-refractivity contribution < 1.29 is 13.9 Å². The lowest BCUT2D eigenvalue weighted by Crippen LogP contribution is -2.24. The molecule has 0 bridgehead atoms. The molecule has 0 N–H and O–H groups in total. The summed E-state index contributed by atoms with van der Waals surface area (Å²) >= 11 is 1.80. The molecule has 1 aliphatic rings. The van der Waals surface area contributed by atoms with E-state index < -0.39 is 0 Å². The maximum atomic E-state index is 5.90. The van der Waals surface area contributed by atoms with Crippen molar-refractivity contribution in [3.8, 4) is 22.3 Å². The number of ether oxygens (including phenoxy) is 2. The second-order valence-electron chi connectivity index (χ2n) is 7.03. The maximum Gasteiger partial charge on any atom is 0.257 e. The van der Waals surface area contributed by atoms with Gasteiger partial charge in [-0.25, -0.2) is 0 Å².